The minimum absolute atomic E-state index is 0.0471. The van der Waals surface area contributed by atoms with Crippen LogP contribution in [0.5, 0.6) is 5.75 Å². The van der Waals surface area contributed by atoms with E-state index < -0.39 is 24.4 Å². The number of halogens is 2. The van der Waals surface area contributed by atoms with Gasteiger partial charge < -0.3 is 9.57 Å². The van der Waals surface area contributed by atoms with Crippen LogP contribution in [0.15, 0.2) is 22.7 Å². The van der Waals surface area contributed by atoms with Crippen LogP contribution in [0.4, 0.5) is 0 Å². The van der Waals surface area contributed by atoms with Gasteiger partial charge in [0.15, 0.2) is 6.61 Å². The Morgan fingerprint density at radius 3 is 2.55 bits per heavy atom. The molecule has 0 spiro atoms. The van der Waals surface area contributed by atoms with Crippen LogP contribution in [-0.4, -0.2) is 29.5 Å². The summed E-state index contributed by atoms with van der Waals surface area (Å²) >= 11 is 9.14. The first-order valence-corrected chi connectivity index (χ1v) is 6.79. The van der Waals surface area contributed by atoms with E-state index in [0.717, 1.165) is 4.47 Å². The third-order valence-electron chi connectivity index (χ3n) is 2.44. The number of hydroxylamine groups is 2. The summed E-state index contributed by atoms with van der Waals surface area (Å²) in [4.78, 5) is 38.6. The van der Waals surface area contributed by atoms with Gasteiger partial charge in [0, 0.05) is 17.3 Å². The topological polar surface area (TPSA) is 72.9 Å². The van der Waals surface area contributed by atoms with Crippen LogP contribution in [0.1, 0.15) is 12.8 Å². The Morgan fingerprint density at radius 2 is 1.95 bits per heavy atom. The van der Waals surface area contributed by atoms with E-state index in [2.05, 4.69) is 20.8 Å². The van der Waals surface area contributed by atoms with E-state index in [1.807, 2.05) is 0 Å². The highest BCUT2D eigenvalue weighted by Gasteiger charge is 2.32. The normalized spacial score (nSPS) is 14.6. The van der Waals surface area contributed by atoms with Crippen LogP contribution < -0.4 is 4.74 Å². The van der Waals surface area contributed by atoms with Crippen molar-refractivity contribution in [2.45, 2.75) is 12.8 Å². The number of amides is 2. The van der Waals surface area contributed by atoms with Crippen molar-refractivity contribution in [3.8, 4) is 5.75 Å². The number of hydrogen-bond donors (Lipinski definition) is 0. The monoisotopic (exact) mass is 361 g/mol. The lowest BCUT2D eigenvalue weighted by Crippen LogP contribution is -2.33. The van der Waals surface area contributed by atoms with Crippen molar-refractivity contribution in [1.29, 1.82) is 0 Å². The highest BCUT2D eigenvalue weighted by molar-refractivity contribution is 9.10. The number of nitrogens with zero attached hydrogens (tertiary/aromatic N) is 1. The zero-order valence-electron chi connectivity index (χ0n) is 10.1. The second-order valence-corrected chi connectivity index (χ2v) is 5.23. The maximum Gasteiger partial charge on any atom is 0.370 e. The number of ether oxygens (including phenoxy) is 1. The number of rotatable bonds is 4. The molecule has 1 aromatic carbocycles. The Labute approximate surface area is 127 Å². The van der Waals surface area contributed by atoms with Crippen molar-refractivity contribution >= 4 is 45.3 Å². The van der Waals surface area contributed by atoms with Crippen molar-refractivity contribution in [2.75, 3.05) is 6.61 Å². The molecule has 2 amide bonds. The molecule has 106 valence electrons. The smallest absolute Gasteiger partial charge is 0.370 e. The number of benzene rings is 1. The van der Waals surface area contributed by atoms with Crippen molar-refractivity contribution in [3.63, 3.8) is 0 Å². The summed E-state index contributed by atoms with van der Waals surface area (Å²) in [5, 5.41) is 0.787. The van der Waals surface area contributed by atoms with Gasteiger partial charge in [-0.05, 0) is 18.2 Å². The fourth-order valence-electron chi connectivity index (χ4n) is 1.51. The lowest BCUT2D eigenvalue weighted by atomic mass is 10.3. The fraction of sp³-hybridized carbons (Fsp3) is 0.250. The van der Waals surface area contributed by atoms with E-state index in [0.29, 0.717) is 15.8 Å². The van der Waals surface area contributed by atoms with Crippen LogP contribution in [0.3, 0.4) is 0 Å². The maximum absolute atomic E-state index is 11.5. The number of carbonyl (C=O) groups is 3. The zero-order chi connectivity index (χ0) is 14.7. The molecule has 0 aliphatic carbocycles. The van der Waals surface area contributed by atoms with Gasteiger partial charge >= 0.3 is 5.97 Å². The molecular weight excluding hydrogens is 353 g/mol. The summed E-state index contributed by atoms with van der Waals surface area (Å²) in [6, 6.07) is 4.88. The molecular formula is C12H9BrClNO5. The van der Waals surface area contributed by atoms with Gasteiger partial charge in [-0.15, -0.1) is 5.06 Å². The van der Waals surface area contributed by atoms with E-state index in [9.17, 15) is 14.4 Å². The third kappa shape index (κ3) is 3.49. The Morgan fingerprint density at radius 1 is 1.30 bits per heavy atom. The molecule has 1 fully saturated rings. The highest BCUT2D eigenvalue weighted by Crippen LogP contribution is 2.27. The standard InChI is InChI=1S/C12H9BrClNO5/c13-7-1-2-9(8(14)5-7)19-6-12(18)20-15-10(16)3-4-11(15)17/h1-2,5H,3-4,6H2. The molecule has 2 rings (SSSR count). The summed E-state index contributed by atoms with van der Waals surface area (Å²) in [5.74, 6) is -1.63. The van der Waals surface area contributed by atoms with E-state index in [1.54, 1.807) is 18.2 Å². The Bertz CT molecular complexity index is 561. The molecule has 6 nitrogen and oxygen atoms in total. The molecule has 8 heteroatoms. The third-order valence-corrected chi connectivity index (χ3v) is 3.23. The van der Waals surface area contributed by atoms with Crippen molar-refractivity contribution < 1.29 is 24.0 Å². The summed E-state index contributed by atoms with van der Waals surface area (Å²) < 4.78 is 5.93. The largest absolute Gasteiger partial charge is 0.480 e. The molecule has 0 saturated carbocycles. The predicted molar refractivity (Wildman–Crippen MR) is 71.8 cm³/mol. The van der Waals surface area contributed by atoms with Crippen molar-refractivity contribution in [1.82, 2.24) is 5.06 Å². The highest BCUT2D eigenvalue weighted by atomic mass is 79.9. The second kappa shape index (κ2) is 6.23. The second-order valence-electron chi connectivity index (χ2n) is 3.91. The van der Waals surface area contributed by atoms with Gasteiger partial charge in [0.1, 0.15) is 5.75 Å². The van der Waals surface area contributed by atoms with Gasteiger partial charge in [0.05, 0.1) is 5.02 Å². The molecule has 1 heterocycles. The molecule has 0 N–H and O–H groups in total. The van der Waals surface area contributed by atoms with E-state index in [4.69, 9.17) is 16.3 Å². The Kier molecular flexibility index (Phi) is 4.61. The lowest BCUT2D eigenvalue weighted by Gasteiger charge is -2.13. The molecule has 0 radical (unpaired) electrons. The van der Waals surface area contributed by atoms with Crippen LogP contribution in [0.2, 0.25) is 5.02 Å². The minimum atomic E-state index is -0.854. The summed E-state index contributed by atoms with van der Waals surface area (Å²) in [5.41, 5.74) is 0. The van der Waals surface area contributed by atoms with Crippen LogP contribution in [-0.2, 0) is 19.2 Å². The van der Waals surface area contributed by atoms with Crippen molar-refractivity contribution in [2.24, 2.45) is 0 Å². The van der Waals surface area contributed by atoms with Gasteiger partial charge in [-0.1, -0.05) is 27.5 Å². The van der Waals surface area contributed by atoms with Crippen LogP contribution in [0, 0.1) is 0 Å². The van der Waals surface area contributed by atoms with Crippen molar-refractivity contribution in [3.05, 3.63) is 27.7 Å². The molecule has 0 aromatic heterocycles. The average molecular weight is 363 g/mol. The molecule has 1 aliphatic heterocycles. The molecule has 1 aliphatic rings. The minimum Gasteiger partial charge on any atom is -0.480 e. The first-order valence-electron chi connectivity index (χ1n) is 5.62. The first-order chi connectivity index (χ1) is 9.47. The molecule has 20 heavy (non-hydrogen) atoms. The fourth-order valence-corrected chi connectivity index (χ4v) is 2.24. The summed E-state index contributed by atoms with van der Waals surface area (Å²) in [6.07, 6.45) is 0.0943. The summed E-state index contributed by atoms with van der Waals surface area (Å²) in [7, 11) is 0. The molecule has 0 bridgehead atoms. The molecule has 1 aromatic rings. The number of carbonyl (C=O) groups excluding carboxylic acids is 3. The number of hydrogen-bond acceptors (Lipinski definition) is 5. The van der Waals surface area contributed by atoms with Gasteiger partial charge in [0.2, 0.25) is 0 Å². The maximum atomic E-state index is 11.5. The Hall–Kier alpha value is -1.60. The SMILES string of the molecule is O=C(COc1ccc(Br)cc1Cl)ON1C(=O)CCC1=O. The van der Waals surface area contributed by atoms with Gasteiger partial charge in [-0.2, -0.15) is 0 Å². The Balaban J connectivity index is 1.89. The molecule has 0 atom stereocenters. The van der Waals surface area contributed by atoms with Gasteiger partial charge in [-0.3, -0.25) is 9.59 Å². The quantitative estimate of drug-likeness (QED) is 0.767. The molecule has 0 unspecified atom stereocenters. The lowest BCUT2D eigenvalue weighted by molar-refractivity contribution is -0.198. The summed E-state index contributed by atoms with van der Waals surface area (Å²) in [6.45, 7) is -0.460. The van der Waals surface area contributed by atoms with Gasteiger partial charge in [-0.25, -0.2) is 4.79 Å². The van der Waals surface area contributed by atoms with E-state index >= 15 is 0 Å². The predicted octanol–water partition coefficient (Wildman–Crippen LogP) is 2.09. The molecule has 1 saturated heterocycles. The van der Waals surface area contributed by atoms with Crippen LogP contribution >= 0.6 is 27.5 Å². The average Bonchev–Trinajstić information content (AvgIpc) is 2.69. The first kappa shape index (κ1) is 14.8. The van der Waals surface area contributed by atoms with E-state index in [1.165, 1.54) is 0 Å². The van der Waals surface area contributed by atoms with E-state index in [-0.39, 0.29) is 12.8 Å². The van der Waals surface area contributed by atoms with Gasteiger partial charge in [0.25, 0.3) is 11.8 Å². The van der Waals surface area contributed by atoms with Crippen LogP contribution in [0.25, 0.3) is 0 Å². The zero-order valence-corrected chi connectivity index (χ0v) is 12.4. The number of imide groups is 1.